The average molecular weight is 156 g/mol. The second kappa shape index (κ2) is 3.74. The van der Waals surface area contributed by atoms with Crippen LogP contribution in [0.2, 0.25) is 0 Å². The SMILES string of the molecule is CCc1cscc1CCO. The summed E-state index contributed by atoms with van der Waals surface area (Å²) >= 11 is 1.72. The van der Waals surface area contributed by atoms with Crippen molar-refractivity contribution in [2.75, 3.05) is 6.61 Å². The van der Waals surface area contributed by atoms with Crippen LogP contribution < -0.4 is 0 Å². The third-order valence-electron chi connectivity index (χ3n) is 1.60. The van der Waals surface area contributed by atoms with Gasteiger partial charge in [0.05, 0.1) is 0 Å². The third kappa shape index (κ3) is 1.58. The molecule has 2 heteroatoms. The van der Waals surface area contributed by atoms with E-state index in [2.05, 4.69) is 17.7 Å². The average Bonchev–Trinajstić information content (AvgIpc) is 2.36. The zero-order chi connectivity index (χ0) is 7.40. The molecule has 0 aliphatic carbocycles. The van der Waals surface area contributed by atoms with Crippen molar-refractivity contribution in [3.05, 3.63) is 21.9 Å². The molecule has 1 aromatic heterocycles. The second-order valence-corrected chi connectivity index (χ2v) is 2.99. The van der Waals surface area contributed by atoms with Crippen molar-refractivity contribution in [2.24, 2.45) is 0 Å². The molecule has 0 spiro atoms. The maximum absolute atomic E-state index is 8.66. The smallest absolute Gasteiger partial charge is 0.0471 e. The van der Waals surface area contributed by atoms with Crippen LogP contribution in [0.15, 0.2) is 10.8 Å². The summed E-state index contributed by atoms with van der Waals surface area (Å²) < 4.78 is 0. The van der Waals surface area contributed by atoms with Crippen LogP contribution >= 0.6 is 11.3 Å². The largest absolute Gasteiger partial charge is 0.396 e. The number of rotatable bonds is 3. The molecule has 0 aliphatic heterocycles. The highest BCUT2D eigenvalue weighted by atomic mass is 32.1. The van der Waals surface area contributed by atoms with Gasteiger partial charge in [-0.2, -0.15) is 11.3 Å². The summed E-state index contributed by atoms with van der Waals surface area (Å²) in [6.07, 6.45) is 1.89. The van der Waals surface area contributed by atoms with Crippen molar-refractivity contribution in [1.82, 2.24) is 0 Å². The van der Waals surface area contributed by atoms with Crippen molar-refractivity contribution >= 4 is 11.3 Å². The Kier molecular flexibility index (Phi) is 2.90. The predicted molar refractivity (Wildman–Crippen MR) is 44.5 cm³/mol. The first-order chi connectivity index (χ1) is 4.88. The Labute approximate surface area is 65.3 Å². The highest BCUT2D eigenvalue weighted by Gasteiger charge is 1.99. The first-order valence-corrected chi connectivity index (χ1v) is 4.47. The van der Waals surface area contributed by atoms with Crippen LogP contribution in [0.3, 0.4) is 0 Å². The molecule has 1 N–H and O–H groups in total. The van der Waals surface area contributed by atoms with Crippen LogP contribution in [-0.2, 0) is 12.8 Å². The number of aliphatic hydroxyl groups is 1. The van der Waals surface area contributed by atoms with Crippen molar-refractivity contribution in [3.8, 4) is 0 Å². The Bertz CT molecular complexity index is 193. The zero-order valence-electron chi connectivity index (χ0n) is 6.13. The van der Waals surface area contributed by atoms with Gasteiger partial charge < -0.3 is 5.11 Å². The quantitative estimate of drug-likeness (QED) is 0.708. The number of hydrogen-bond donors (Lipinski definition) is 1. The Morgan fingerprint density at radius 2 is 2.10 bits per heavy atom. The van der Waals surface area contributed by atoms with Gasteiger partial charge in [-0.3, -0.25) is 0 Å². The molecule has 0 fully saturated rings. The first kappa shape index (κ1) is 7.76. The fourth-order valence-corrected chi connectivity index (χ4v) is 1.98. The lowest BCUT2D eigenvalue weighted by Gasteiger charge is -1.96. The highest BCUT2D eigenvalue weighted by molar-refractivity contribution is 7.08. The molecular weight excluding hydrogens is 144 g/mol. The maximum Gasteiger partial charge on any atom is 0.0471 e. The van der Waals surface area contributed by atoms with Crippen LogP contribution in [0.25, 0.3) is 0 Å². The van der Waals surface area contributed by atoms with Gasteiger partial charge in [0, 0.05) is 6.61 Å². The first-order valence-electron chi connectivity index (χ1n) is 3.53. The standard InChI is InChI=1S/C8H12OS/c1-2-7-5-10-6-8(7)3-4-9/h5-6,9H,2-4H2,1H3. The Balaban J connectivity index is 2.70. The van der Waals surface area contributed by atoms with Crippen LogP contribution in [0.4, 0.5) is 0 Å². The summed E-state index contributed by atoms with van der Waals surface area (Å²) in [5.41, 5.74) is 2.70. The predicted octanol–water partition coefficient (Wildman–Crippen LogP) is 1.85. The molecule has 1 aromatic rings. The minimum absolute atomic E-state index is 0.268. The molecule has 1 rings (SSSR count). The molecule has 0 atom stereocenters. The Hall–Kier alpha value is -0.340. The van der Waals surface area contributed by atoms with Crippen molar-refractivity contribution in [2.45, 2.75) is 19.8 Å². The highest BCUT2D eigenvalue weighted by Crippen LogP contribution is 2.15. The molecule has 0 saturated carbocycles. The molecule has 0 unspecified atom stereocenters. The molecule has 0 radical (unpaired) electrons. The lowest BCUT2D eigenvalue weighted by atomic mass is 10.1. The van der Waals surface area contributed by atoms with E-state index < -0.39 is 0 Å². The summed E-state index contributed by atoms with van der Waals surface area (Å²) in [7, 11) is 0. The number of aryl methyl sites for hydroxylation is 1. The molecule has 10 heavy (non-hydrogen) atoms. The number of thiophene rings is 1. The van der Waals surface area contributed by atoms with Crippen LogP contribution in [0.1, 0.15) is 18.1 Å². The topological polar surface area (TPSA) is 20.2 Å². The van der Waals surface area contributed by atoms with E-state index in [4.69, 9.17) is 5.11 Å². The summed E-state index contributed by atoms with van der Waals surface area (Å²) in [4.78, 5) is 0. The van der Waals surface area contributed by atoms with Gasteiger partial charge in [0.1, 0.15) is 0 Å². The van der Waals surface area contributed by atoms with Gasteiger partial charge in [0.15, 0.2) is 0 Å². The van der Waals surface area contributed by atoms with Crippen LogP contribution in [0.5, 0.6) is 0 Å². The molecule has 0 amide bonds. The number of aliphatic hydroxyl groups excluding tert-OH is 1. The molecule has 0 bridgehead atoms. The maximum atomic E-state index is 8.66. The zero-order valence-corrected chi connectivity index (χ0v) is 6.95. The number of hydrogen-bond acceptors (Lipinski definition) is 2. The molecule has 0 saturated heterocycles. The monoisotopic (exact) mass is 156 g/mol. The third-order valence-corrected chi connectivity index (χ3v) is 2.44. The fraction of sp³-hybridized carbons (Fsp3) is 0.500. The van der Waals surface area contributed by atoms with Gasteiger partial charge in [0.25, 0.3) is 0 Å². The minimum atomic E-state index is 0.268. The van der Waals surface area contributed by atoms with Crippen LogP contribution in [-0.4, -0.2) is 11.7 Å². The lowest BCUT2D eigenvalue weighted by molar-refractivity contribution is 0.299. The fourth-order valence-electron chi connectivity index (χ4n) is 1.000. The molecular formula is C8H12OS. The molecule has 56 valence electrons. The van der Waals surface area contributed by atoms with Crippen LogP contribution in [0, 0.1) is 0 Å². The van der Waals surface area contributed by atoms with Gasteiger partial charge in [-0.15, -0.1) is 0 Å². The molecule has 1 nitrogen and oxygen atoms in total. The van der Waals surface area contributed by atoms with Crippen molar-refractivity contribution in [3.63, 3.8) is 0 Å². The minimum Gasteiger partial charge on any atom is -0.396 e. The molecule has 1 heterocycles. The van der Waals surface area contributed by atoms with E-state index in [-0.39, 0.29) is 6.61 Å². The molecule has 0 aliphatic rings. The van der Waals surface area contributed by atoms with Gasteiger partial charge >= 0.3 is 0 Å². The van der Waals surface area contributed by atoms with E-state index in [1.54, 1.807) is 11.3 Å². The van der Waals surface area contributed by atoms with Gasteiger partial charge in [-0.1, -0.05) is 6.92 Å². The van der Waals surface area contributed by atoms with Crippen molar-refractivity contribution < 1.29 is 5.11 Å². The lowest BCUT2D eigenvalue weighted by Crippen LogP contribution is -1.91. The van der Waals surface area contributed by atoms with E-state index in [0.29, 0.717) is 0 Å². The normalized spacial score (nSPS) is 10.2. The van der Waals surface area contributed by atoms with E-state index in [1.807, 2.05) is 0 Å². The molecule has 0 aromatic carbocycles. The van der Waals surface area contributed by atoms with E-state index in [0.717, 1.165) is 12.8 Å². The summed E-state index contributed by atoms with van der Waals surface area (Å²) in [6.45, 7) is 2.41. The summed E-state index contributed by atoms with van der Waals surface area (Å²) in [5, 5.41) is 12.9. The van der Waals surface area contributed by atoms with E-state index in [9.17, 15) is 0 Å². The van der Waals surface area contributed by atoms with Gasteiger partial charge in [0.2, 0.25) is 0 Å². The summed E-state index contributed by atoms with van der Waals surface area (Å²) in [5.74, 6) is 0. The second-order valence-electron chi connectivity index (χ2n) is 2.25. The Morgan fingerprint density at radius 1 is 1.40 bits per heavy atom. The van der Waals surface area contributed by atoms with E-state index in [1.165, 1.54) is 11.1 Å². The van der Waals surface area contributed by atoms with Crippen molar-refractivity contribution in [1.29, 1.82) is 0 Å². The van der Waals surface area contributed by atoms with Gasteiger partial charge in [-0.25, -0.2) is 0 Å². The van der Waals surface area contributed by atoms with Gasteiger partial charge in [-0.05, 0) is 34.7 Å². The Morgan fingerprint density at radius 3 is 2.70 bits per heavy atom. The summed E-state index contributed by atoms with van der Waals surface area (Å²) in [6, 6.07) is 0. The van der Waals surface area contributed by atoms with E-state index >= 15 is 0 Å².